The van der Waals surface area contributed by atoms with Gasteiger partial charge in [0.2, 0.25) is 15.9 Å². The first kappa shape index (κ1) is 21.3. The molecule has 1 aliphatic heterocycles. The van der Waals surface area contributed by atoms with Crippen molar-refractivity contribution in [2.75, 3.05) is 32.8 Å². The molecule has 0 atom stereocenters. The monoisotopic (exact) mass is 416 g/mol. The Kier molecular flexibility index (Phi) is 6.92. The Morgan fingerprint density at radius 2 is 1.66 bits per heavy atom. The van der Waals surface area contributed by atoms with Crippen LogP contribution in [0.15, 0.2) is 48.5 Å². The van der Waals surface area contributed by atoms with E-state index in [4.69, 9.17) is 4.74 Å². The molecule has 0 spiro atoms. The van der Waals surface area contributed by atoms with E-state index in [0.717, 1.165) is 22.4 Å². The van der Waals surface area contributed by atoms with E-state index >= 15 is 0 Å². The highest BCUT2D eigenvalue weighted by Crippen LogP contribution is 2.21. The molecule has 1 saturated heterocycles. The van der Waals surface area contributed by atoms with Crippen molar-refractivity contribution in [3.63, 3.8) is 0 Å². The molecular weight excluding hydrogens is 388 g/mol. The zero-order valence-electron chi connectivity index (χ0n) is 17.0. The lowest BCUT2D eigenvalue weighted by Gasteiger charge is -2.34. The van der Waals surface area contributed by atoms with E-state index < -0.39 is 10.0 Å². The number of benzene rings is 2. The molecular formula is C22H28N2O4S. The second kappa shape index (κ2) is 9.41. The summed E-state index contributed by atoms with van der Waals surface area (Å²) in [5, 5.41) is 0. The summed E-state index contributed by atoms with van der Waals surface area (Å²) in [4.78, 5) is 14.2. The normalized spacial score (nSPS) is 15.3. The topological polar surface area (TPSA) is 66.9 Å². The molecule has 1 heterocycles. The highest BCUT2D eigenvalue weighted by atomic mass is 32.2. The smallest absolute Gasteiger partial charge is 0.226 e. The van der Waals surface area contributed by atoms with Crippen molar-refractivity contribution in [1.82, 2.24) is 9.21 Å². The van der Waals surface area contributed by atoms with E-state index in [2.05, 4.69) is 0 Å². The van der Waals surface area contributed by atoms with Gasteiger partial charge in [-0.15, -0.1) is 0 Å². The fraction of sp³-hybridized carbons (Fsp3) is 0.409. The van der Waals surface area contributed by atoms with Gasteiger partial charge < -0.3 is 9.64 Å². The van der Waals surface area contributed by atoms with Gasteiger partial charge in [0.05, 0.1) is 18.8 Å². The molecule has 7 heteroatoms. The molecule has 3 rings (SSSR count). The highest BCUT2D eigenvalue weighted by molar-refractivity contribution is 7.88. The van der Waals surface area contributed by atoms with Crippen LogP contribution in [0.3, 0.4) is 0 Å². The molecule has 2 aromatic rings. The van der Waals surface area contributed by atoms with Crippen LogP contribution in [0, 0.1) is 13.8 Å². The SMILES string of the molecule is Cc1cccc(OCCC(=O)N2CCN(S(=O)(=O)Cc3ccccc3)CC2)c1C. The van der Waals surface area contributed by atoms with Crippen LogP contribution in [0.1, 0.15) is 23.1 Å². The van der Waals surface area contributed by atoms with Gasteiger partial charge in [0, 0.05) is 26.2 Å². The van der Waals surface area contributed by atoms with Crippen LogP contribution in [0.5, 0.6) is 5.75 Å². The van der Waals surface area contributed by atoms with E-state index in [1.807, 2.05) is 62.4 Å². The molecule has 2 aromatic carbocycles. The van der Waals surface area contributed by atoms with E-state index in [0.29, 0.717) is 32.8 Å². The molecule has 0 aliphatic carbocycles. The zero-order chi connectivity index (χ0) is 20.9. The van der Waals surface area contributed by atoms with Crippen molar-refractivity contribution >= 4 is 15.9 Å². The molecule has 1 fully saturated rings. The average molecular weight is 417 g/mol. The maximum atomic E-state index is 12.6. The average Bonchev–Trinajstić information content (AvgIpc) is 2.71. The maximum Gasteiger partial charge on any atom is 0.226 e. The Morgan fingerprint density at radius 1 is 0.966 bits per heavy atom. The van der Waals surface area contributed by atoms with Gasteiger partial charge in [-0.2, -0.15) is 4.31 Å². The van der Waals surface area contributed by atoms with Gasteiger partial charge >= 0.3 is 0 Å². The minimum Gasteiger partial charge on any atom is -0.493 e. The fourth-order valence-corrected chi connectivity index (χ4v) is 4.89. The van der Waals surface area contributed by atoms with Crippen LogP contribution in [0.25, 0.3) is 0 Å². The van der Waals surface area contributed by atoms with Crippen molar-refractivity contribution in [2.24, 2.45) is 0 Å². The van der Waals surface area contributed by atoms with Crippen LogP contribution < -0.4 is 4.74 Å². The van der Waals surface area contributed by atoms with Gasteiger partial charge in [-0.1, -0.05) is 42.5 Å². The summed E-state index contributed by atoms with van der Waals surface area (Å²) < 4.78 is 32.5. The number of aryl methyl sites for hydroxylation is 1. The number of ether oxygens (including phenoxy) is 1. The highest BCUT2D eigenvalue weighted by Gasteiger charge is 2.28. The Morgan fingerprint density at radius 3 is 2.34 bits per heavy atom. The number of hydrogen-bond donors (Lipinski definition) is 0. The molecule has 6 nitrogen and oxygen atoms in total. The largest absolute Gasteiger partial charge is 0.493 e. The number of rotatable bonds is 7. The van der Waals surface area contributed by atoms with Gasteiger partial charge in [0.15, 0.2) is 0 Å². The van der Waals surface area contributed by atoms with Crippen LogP contribution >= 0.6 is 0 Å². The lowest BCUT2D eigenvalue weighted by atomic mass is 10.1. The lowest BCUT2D eigenvalue weighted by Crippen LogP contribution is -2.50. The standard InChI is InChI=1S/C22H28N2O4S/c1-18-7-6-10-21(19(18)2)28-16-11-22(25)23-12-14-24(15-13-23)29(26,27)17-20-8-4-3-5-9-20/h3-10H,11-17H2,1-2H3. The van der Waals surface area contributed by atoms with Crippen LogP contribution in [-0.4, -0.2) is 56.3 Å². The van der Waals surface area contributed by atoms with Gasteiger partial charge in [-0.05, 0) is 36.6 Å². The lowest BCUT2D eigenvalue weighted by molar-refractivity contribution is -0.132. The first-order chi connectivity index (χ1) is 13.9. The number of amides is 1. The van der Waals surface area contributed by atoms with Gasteiger partial charge in [-0.25, -0.2) is 8.42 Å². The van der Waals surface area contributed by atoms with Crippen molar-refractivity contribution in [3.8, 4) is 5.75 Å². The number of piperazine rings is 1. The maximum absolute atomic E-state index is 12.6. The minimum absolute atomic E-state index is 0.00425. The van der Waals surface area contributed by atoms with Gasteiger partial charge in [0.25, 0.3) is 0 Å². The second-order valence-corrected chi connectivity index (χ2v) is 9.29. The van der Waals surface area contributed by atoms with E-state index in [-0.39, 0.29) is 18.1 Å². The number of carbonyl (C=O) groups excluding carboxylic acids is 1. The fourth-order valence-electron chi connectivity index (χ4n) is 3.38. The van der Waals surface area contributed by atoms with Gasteiger partial charge in [-0.3, -0.25) is 4.79 Å². The summed E-state index contributed by atoms with van der Waals surface area (Å²) in [7, 11) is -3.38. The molecule has 156 valence electrons. The van der Waals surface area contributed by atoms with Crippen molar-refractivity contribution < 1.29 is 17.9 Å². The molecule has 0 unspecified atom stereocenters. The molecule has 0 radical (unpaired) electrons. The first-order valence-corrected chi connectivity index (χ1v) is 11.5. The van der Waals surface area contributed by atoms with E-state index in [1.165, 1.54) is 4.31 Å². The Bertz CT molecular complexity index is 937. The zero-order valence-corrected chi connectivity index (χ0v) is 17.8. The third-order valence-corrected chi connectivity index (χ3v) is 7.16. The number of hydrogen-bond acceptors (Lipinski definition) is 4. The van der Waals surface area contributed by atoms with Gasteiger partial charge in [0.1, 0.15) is 5.75 Å². The molecule has 0 saturated carbocycles. The summed E-state index contributed by atoms with van der Waals surface area (Å²) in [6.45, 7) is 5.83. The summed E-state index contributed by atoms with van der Waals surface area (Å²) in [6, 6.07) is 15.0. The van der Waals surface area contributed by atoms with Crippen molar-refractivity contribution in [1.29, 1.82) is 0 Å². The second-order valence-electron chi connectivity index (χ2n) is 7.32. The molecule has 0 aromatic heterocycles. The predicted molar refractivity (Wildman–Crippen MR) is 113 cm³/mol. The third kappa shape index (κ3) is 5.58. The first-order valence-electron chi connectivity index (χ1n) is 9.85. The Labute approximate surface area is 173 Å². The summed E-state index contributed by atoms with van der Waals surface area (Å²) in [5.74, 6) is 0.788. The molecule has 1 amide bonds. The number of nitrogens with zero attached hydrogens (tertiary/aromatic N) is 2. The summed E-state index contributed by atoms with van der Waals surface area (Å²) in [5.41, 5.74) is 3.01. The number of carbonyl (C=O) groups is 1. The molecule has 29 heavy (non-hydrogen) atoms. The number of sulfonamides is 1. The quantitative estimate of drug-likeness (QED) is 0.696. The summed E-state index contributed by atoms with van der Waals surface area (Å²) in [6.07, 6.45) is 0.282. The Balaban J connectivity index is 1.46. The van der Waals surface area contributed by atoms with Crippen LogP contribution in [-0.2, 0) is 20.6 Å². The van der Waals surface area contributed by atoms with Crippen LogP contribution in [0.4, 0.5) is 0 Å². The van der Waals surface area contributed by atoms with E-state index in [1.54, 1.807) is 4.90 Å². The Hall–Kier alpha value is -2.38. The minimum atomic E-state index is -3.38. The third-order valence-electron chi connectivity index (χ3n) is 5.31. The van der Waals surface area contributed by atoms with E-state index in [9.17, 15) is 13.2 Å². The van der Waals surface area contributed by atoms with Crippen molar-refractivity contribution in [3.05, 3.63) is 65.2 Å². The van der Waals surface area contributed by atoms with Crippen molar-refractivity contribution in [2.45, 2.75) is 26.0 Å². The molecule has 1 aliphatic rings. The van der Waals surface area contributed by atoms with Crippen LogP contribution in [0.2, 0.25) is 0 Å². The molecule has 0 N–H and O–H groups in total. The predicted octanol–water partition coefficient (Wildman–Crippen LogP) is 2.75. The summed E-state index contributed by atoms with van der Waals surface area (Å²) >= 11 is 0. The molecule has 0 bridgehead atoms.